The Morgan fingerprint density at radius 2 is 1.95 bits per heavy atom. The van der Waals surface area contributed by atoms with Gasteiger partial charge in [0.25, 0.3) is 0 Å². The number of hydrogen-bond donors (Lipinski definition) is 1. The Hall–Kier alpha value is -0.170. The number of rotatable bonds is 8. The summed E-state index contributed by atoms with van der Waals surface area (Å²) in [6, 6.07) is 0.829. The zero-order chi connectivity index (χ0) is 15.2. The topological polar surface area (TPSA) is 52.7 Å². The first-order valence-corrected chi connectivity index (χ1v) is 9.39. The van der Waals surface area contributed by atoms with Crippen molar-refractivity contribution in [2.45, 2.75) is 52.1 Å². The Morgan fingerprint density at radius 1 is 1.25 bits per heavy atom. The molecule has 1 heterocycles. The van der Waals surface area contributed by atoms with Gasteiger partial charge < -0.3 is 10.2 Å². The lowest BCUT2D eigenvalue weighted by Gasteiger charge is -2.38. The second-order valence-corrected chi connectivity index (χ2v) is 8.12. The SMILES string of the molecule is CCC1CN(S(=O)(=O)CCCCNC(C)C)CCN1C. The van der Waals surface area contributed by atoms with Gasteiger partial charge in [0.15, 0.2) is 0 Å². The third kappa shape index (κ3) is 5.68. The minimum atomic E-state index is -3.07. The first-order chi connectivity index (χ1) is 9.36. The molecule has 1 aliphatic heterocycles. The maximum atomic E-state index is 12.3. The minimum Gasteiger partial charge on any atom is -0.315 e. The highest BCUT2D eigenvalue weighted by atomic mass is 32.2. The molecule has 0 bridgehead atoms. The van der Waals surface area contributed by atoms with Crippen LogP contribution in [0.4, 0.5) is 0 Å². The van der Waals surface area contributed by atoms with Gasteiger partial charge in [-0.05, 0) is 32.9 Å². The first kappa shape index (κ1) is 17.9. The van der Waals surface area contributed by atoms with Crippen molar-refractivity contribution in [3.8, 4) is 0 Å². The molecule has 0 aromatic carbocycles. The third-order valence-electron chi connectivity index (χ3n) is 3.99. The Labute approximate surface area is 124 Å². The van der Waals surface area contributed by atoms with E-state index in [4.69, 9.17) is 0 Å². The van der Waals surface area contributed by atoms with Crippen LogP contribution in [-0.4, -0.2) is 68.7 Å². The van der Waals surface area contributed by atoms with E-state index in [1.165, 1.54) is 0 Å². The van der Waals surface area contributed by atoms with Crippen LogP contribution in [0.1, 0.15) is 40.0 Å². The molecule has 1 rings (SSSR count). The fraction of sp³-hybridized carbons (Fsp3) is 1.00. The van der Waals surface area contributed by atoms with Gasteiger partial charge in [-0.2, -0.15) is 4.31 Å². The van der Waals surface area contributed by atoms with Crippen LogP contribution in [0.15, 0.2) is 0 Å². The van der Waals surface area contributed by atoms with Gasteiger partial charge in [0.05, 0.1) is 5.75 Å². The average Bonchev–Trinajstić information content (AvgIpc) is 2.38. The van der Waals surface area contributed by atoms with E-state index in [2.05, 4.69) is 38.0 Å². The lowest BCUT2D eigenvalue weighted by Crippen LogP contribution is -2.53. The molecule has 1 fully saturated rings. The van der Waals surface area contributed by atoms with Crippen molar-refractivity contribution in [3.63, 3.8) is 0 Å². The largest absolute Gasteiger partial charge is 0.315 e. The molecule has 5 nitrogen and oxygen atoms in total. The van der Waals surface area contributed by atoms with Crippen molar-refractivity contribution in [2.75, 3.05) is 39.0 Å². The van der Waals surface area contributed by atoms with E-state index in [1.807, 2.05) is 0 Å². The van der Waals surface area contributed by atoms with E-state index in [-0.39, 0.29) is 5.75 Å². The number of nitrogens with zero attached hydrogens (tertiary/aromatic N) is 2. The van der Waals surface area contributed by atoms with Gasteiger partial charge in [-0.1, -0.05) is 20.8 Å². The van der Waals surface area contributed by atoms with E-state index < -0.39 is 10.0 Å². The molecule has 20 heavy (non-hydrogen) atoms. The van der Waals surface area contributed by atoms with Gasteiger partial charge in [0.1, 0.15) is 0 Å². The van der Waals surface area contributed by atoms with Crippen LogP contribution in [0, 0.1) is 0 Å². The van der Waals surface area contributed by atoms with Crippen LogP contribution >= 0.6 is 0 Å². The highest BCUT2D eigenvalue weighted by Gasteiger charge is 2.30. The maximum absolute atomic E-state index is 12.3. The Balaban J connectivity index is 2.36. The Bertz CT molecular complexity index is 371. The minimum absolute atomic E-state index is 0.285. The second-order valence-electron chi connectivity index (χ2n) is 6.03. The van der Waals surface area contributed by atoms with Crippen molar-refractivity contribution in [2.24, 2.45) is 0 Å². The summed E-state index contributed by atoms with van der Waals surface area (Å²) in [6.07, 6.45) is 2.66. The van der Waals surface area contributed by atoms with E-state index in [0.717, 1.165) is 32.4 Å². The molecule has 1 aliphatic rings. The van der Waals surface area contributed by atoms with E-state index in [1.54, 1.807) is 4.31 Å². The molecule has 0 aliphatic carbocycles. The fourth-order valence-corrected chi connectivity index (χ4v) is 4.13. The highest BCUT2D eigenvalue weighted by molar-refractivity contribution is 7.89. The Kier molecular flexibility index (Phi) is 7.43. The van der Waals surface area contributed by atoms with Gasteiger partial charge in [0, 0.05) is 31.7 Å². The molecule has 0 aromatic heterocycles. The molecule has 0 aromatic rings. The molecular weight excluding hydrogens is 274 g/mol. The van der Waals surface area contributed by atoms with Crippen molar-refractivity contribution in [1.29, 1.82) is 0 Å². The van der Waals surface area contributed by atoms with Crippen LogP contribution in [0.25, 0.3) is 0 Å². The predicted octanol–water partition coefficient (Wildman–Crippen LogP) is 1.12. The van der Waals surface area contributed by atoms with Crippen LogP contribution in [0.2, 0.25) is 0 Å². The van der Waals surface area contributed by atoms with Gasteiger partial charge >= 0.3 is 0 Å². The van der Waals surface area contributed by atoms with Gasteiger partial charge in [-0.3, -0.25) is 0 Å². The first-order valence-electron chi connectivity index (χ1n) is 7.78. The lowest BCUT2D eigenvalue weighted by molar-refractivity contribution is 0.144. The van der Waals surface area contributed by atoms with Crippen molar-refractivity contribution in [1.82, 2.24) is 14.5 Å². The zero-order valence-electron chi connectivity index (χ0n) is 13.4. The van der Waals surface area contributed by atoms with Crippen molar-refractivity contribution in [3.05, 3.63) is 0 Å². The molecule has 0 amide bonds. The molecule has 1 saturated heterocycles. The number of likely N-dealkylation sites (N-methyl/N-ethyl adjacent to an activating group) is 1. The zero-order valence-corrected chi connectivity index (χ0v) is 14.2. The van der Waals surface area contributed by atoms with Crippen molar-refractivity contribution < 1.29 is 8.42 Å². The third-order valence-corrected chi connectivity index (χ3v) is 5.91. The van der Waals surface area contributed by atoms with Crippen LogP contribution in [0.3, 0.4) is 0 Å². The number of piperazine rings is 1. The smallest absolute Gasteiger partial charge is 0.214 e. The quantitative estimate of drug-likeness (QED) is 0.683. The summed E-state index contributed by atoms with van der Waals surface area (Å²) in [5.74, 6) is 0.285. The monoisotopic (exact) mass is 305 g/mol. The van der Waals surface area contributed by atoms with Crippen LogP contribution in [0.5, 0.6) is 0 Å². The molecule has 1 atom stereocenters. The Morgan fingerprint density at radius 3 is 2.55 bits per heavy atom. The van der Waals surface area contributed by atoms with E-state index in [9.17, 15) is 8.42 Å². The molecule has 1 unspecified atom stereocenters. The number of unbranched alkanes of at least 4 members (excludes halogenated alkanes) is 1. The van der Waals surface area contributed by atoms with Crippen LogP contribution < -0.4 is 5.32 Å². The lowest BCUT2D eigenvalue weighted by atomic mass is 10.1. The highest BCUT2D eigenvalue weighted by Crippen LogP contribution is 2.15. The summed E-state index contributed by atoms with van der Waals surface area (Å²) in [7, 11) is -0.993. The molecule has 120 valence electrons. The summed E-state index contributed by atoms with van der Waals surface area (Å²) < 4.78 is 26.4. The number of sulfonamides is 1. The van der Waals surface area contributed by atoms with E-state index in [0.29, 0.717) is 25.2 Å². The van der Waals surface area contributed by atoms with Gasteiger partial charge in [0.2, 0.25) is 10.0 Å². The summed E-state index contributed by atoms with van der Waals surface area (Å²) in [6.45, 7) is 9.35. The summed E-state index contributed by atoms with van der Waals surface area (Å²) >= 11 is 0. The standard InChI is InChI=1S/C14H31N3O2S/c1-5-14-12-17(10-9-16(14)4)20(18,19)11-7-6-8-15-13(2)3/h13-15H,5-12H2,1-4H3. The average molecular weight is 305 g/mol. The molecular formula is C14H31N3O2S. The molecule has 0 radical (unpaired) electrons. The van der Waals surface area contributed by atoms with Crippen LogP contribution in [-0.2, 0) is 10.0 Å². The number of hydrogen-bond acceptors (Lipinski definition) is 4. The molecule has 1 N–H and O–H groups in total. The molecule has 6 heteroatoms. The summed E-state index contributed by atoms with van der Waals surface area (Å²) in [5, 5.41) is 3.32. The molecule has 0 spiro atoms. The van der Waals surface area contributed by atoms with Crippen molar-refractivity contribution >= 4 is 10.0 Å². The normalized spacial score (nSPS) is 22.6. The fourth-order valence-electron chi connectivity index (χ4n) is 2.54. The molecule has 0 saturated carbocycles. The maximum Gasteiger partial charge on any atom is 0.214 e. The predicted molar refractivity (Wildman–Crippen MR) is 84.4 cm³/mol. The second kappa shape index (κ2) is 8.32. The van der Waals surface area contributed by atoms with E-state index >= 15 is 0 Å². The summed E-state index contributed by atoms with van der Waals surface area (Å²) in [5.41, 5.74) is 0. The van der Waals surface area contributed by atoms with Gasteiger partial charge in [-0.25, -0.2) is 8.42 Å². The summed E-state index contributed by atoms with van der Waals surface area (Å²) in [4.78, 5) is 2.26. The number of nitrogens with one attached hydrogen (secondary N) is 1. The van der Waals surface area contributed by atoms with Gasteiger partial charge in [-0.15, -0.1) is 0 Å².